The Morgan fingerprint density at radius 2 is 1.43 bits per heavy atom. The molecule has 0 radical (unpaired) electrons. The molecule has 0 bridgehead atoms. The summed E-state index contributed by atoms with van der Waals surface area (Å²) in [5, 5.41) is 7.79. The molecule has 1 aliphatic carbocycles. The van der Waals surface area contributed by atoms with Crippen LogP contribution in [0.5, 0.6) is 0 Å². The second kappa shape index (κ2) is 6.09. The molecule has 2 aromatic heterocycles. The number of rotatable bonds is 2. The second-order valence-corrected chi connectivity index (χ2v) is 6.60. The van der Waals surface area contributed by atoms with E-state index in [-0.39, 0.29) is 17.2 Å². The van der Waals surface area contributed by atoms with Crippen LogP contribution >= 0.6 is 0 Å². The van der Waals surface area contributed by atoms with Crippen molar-refractivity contribution in [2.24, 2.45) is 0 Å². The van der Waals surface area contributed by atoms with Crippen LogP contribution in [0, 0.1) is 0 Å². The summed E-state index contributed by atoms with van der Waals surface area (Å²) in [4.78, 5) is 0. The molecule has 2 aromatic carbocycles. The first-order chi connectivity index (χ1) is 13.5. The molecule has 0 unspecified atom stereocenters. The Morgan fingerprint density at radius 3 is 2.21 bits per heavy atom. The van der Waals surface area contributed by atoms with Gasteiger partial charge in [0.2, 0.25) is 0 Å². The smallest absolute Gasteiger partial charge is 0.355 e. The summed E-state index contributed by atoms with van der Waals surface area (Å²) in [6.45, 7) is 0. The van der Waals surface area contributed by atoms with E-state index >= 15 is 0 Å². The molecule has 2 heterocycles. The third-order valence-electron chi connectivity index (χ3n) is 4.93. The molecule has 4 aromatic rings. The van der Waals surface area contributed by atoms with Gasteiger partial charge in [0.25, 0.3) is 0 Å². The maximum absolute atomic E-state index is 13.9. The molecule has 0 amide bonds. The minimum atomic E-state index is -4.66. The van der Waals surface area contributed by atoms with Gasteiger partial charge in [0.05, 0.1) is 0 Å². The molecule has 1 aliphatic rings. The molecule has 4 nitrogen and oxygen atoms in total. The number of hydrogen-bond acceptors (Lipinski definition) is 4. The number of hydrogen-bond donors (Lipinski definition) is 0. The van der Waals surface area contributed by atoms with Crippen LogP contribution in [0.15, 0.2) is 63.6 Å². The summed E-state index contributed by atoms with van der Waals surface area (Å²) in [6, 6.07) is 15.8. The van der Waals surface area contributed by atoms with Crippen LogP contribution in [0.3, 0.4) is 0 Å². The first-order valence-electron chi connectivity index (χ1n) is 8.73. The third-order valence-corrected chi connectivity index (χ3v) is 4.93. The highest BCUT2D eigenvalue weighted by molar-refractivity contribution is 5.79. The lowest BCUT2D eigenvalue weighted by Crippen LogP contribution is -2.08. The lowest BCUT2D eigenvalue weighted by Gasteiger charge is -2.14. The highest BCUT2D eigenvalue weighted by Crippen LogP contribution is 2.46. The molecular formula is C21H13F3N2O2. The van der Waals surface area contributed by atoms with Crippen molar-refractivity contribution in [3.63, 3.8) is 0 Å². The minimum absolute atomic E-state index is 0.0164. The Balaban J connectivity index is 1.71. The second-order valence-electron chi connectivity index (χ2n) is 6.60. The van der Waals surface area contributed by atoms with E-state index in [2.05, 4.69) is 10.3 Å². The molecule has 140 valence electrons. The van der Waals surface area contributed by atoms with Gasteiger partial charge in [0.15, 0.2) is 17.2 Å². The van der Waals surface area contributed by atoms with Gasteiger partial charge in [0, 0.05) is 16.7 Å². The number of aryl methyl sites for hydroxylation is 1. The number of benzene rings is 2. The molecule has 0 saturated heterocycles. The van der Waals surface area contributed by atoms with Crippen LogP contribution in [0.2, 0.25) is 0 Å². The Hall–Kier alpha value is -3.35. The minimum Gasteiger partial charge on any atom is -0.355 e. The van der Waals surface area contributed by atoms with Crippen LogP contribution < -0.4 is 0 Å². The van der Waals surface area contributed by atoms with E-state index in [1.165, 1.54) is 0 Å². The number of aromatic nitrogens is 2. The zero-order valence-corrected chi connectivity index (χ0v) is 14.5. The summed E-state index contributed by atoms with van der Waals surface area (Å²) >= 11 is 0. The maximum Gasteiger partial charge on any atom is 0.422 e. The van der Waals surface area contributed by atoms with Crippen LogP contribution in [0.25, 0.3) is 34.0 Å². The van der Waals surface area contributed by atoms with Crippen LogP contribution in [0.4, 0.5) is 13.2 Å². The molecule has 0 fully saturated rings. The van der Waals surface area contributed by atoms with Crippen molar-refractivity contribution >= 4 is 0 Å². The topological polar surface area (TPSA) is 52.1 Å². The zero-order valence-electron chi connectivity index (χ0n) is 14.5. The molecule has 0 N–H and O–H groups in total. The number of halogens is 3. The summed E-state index contributed by atoms with van der Waals surface area (Å²) in [5.74, 6) is -0.313. The van der Waals surface area contributed by atoms with E-state index in [0.29, 0.717) is 29.7 Å². The van der Waals surface area contributed by atoms with Gasteiger partial charge in [-0.1, -0.05) is 64.9 Å². The van der Waals surface area contributed by atoms with E-state index in [4.69, 9.17) is 9.05 Å². The molecule has 0 atom stereocenters. The van der Waals surface area contributed by atoms with Gasteiger partial charge in [-0.25, -0.2) is 0 Å². The molecular weight excluding hydrogens is 369 g/mol. The zero-order chi connectivity index (χ0) is 19.3. The Morgan fingerprint density at radius 1 is 0.750 bits per heavy atom. The lowest BCUT2D eigenvalue weighted by molar-refractivity contribution is -0.136. The van der Waals surface area contributed by atoms with Gasteiger partial charge in [-0.3, -0.25) is 0 Å². The Bertz CT molecular complexity index is 1160. The summed E-state index contributed by atoms with van der Waals surface area (Å²) < 4.78 is 52.3. The van der Waals surface area contributed by atoms with Crippen LogP contribution in [0.1, 0.15) is 16.7 Å². The van der Waals surface area contributed by atoms with Crippen molar-refractivity contribution in [3.05, 3.63) is 71.3 Å². The summed E-state index contributed by atoms with van der Waals surface area (Å²) in [7, 11) is 0. The van der Waals surface area contributed by atoms with E-state index in [0.717, 1.165) is 11.1 Å². The Kier molecular flexibility index (Phi) is 3.65. The van der Waals surface area contributed by atoms with Crippen molar-refractivity contribution in [1.82, 2.24) is 10.3 Å². The molecule has 28 heavy (non-hydrogen) atoms. The largest absolute Gasteiger partial charge is 0.422 e. The number of fused-ring (bicyclic) bond motifs is 3. The third kappa shape index (κ3) is 2.54. The first kappa shape index (κ1) is 16.8. The van der Waals surface area contributed by atoms with Gasteiger partial charge in [-0.05, 0) is 18.4 Å². The molecule has 0 aliphatic heterocycles. The maximum atomic E-state index is 13.9. The van der Waals surface area contributed by atoms with Crippen molar-refractivity contribution in [1.29, 1.82) is 0 Å². The van der Waals surface area contributed by atoms with Gasteiger partial charge in [0.1, 0.15) is 11.3 Å². The van der Waals surface area contributed by atoms with Gasteiger partial charge < -0.3 is 9.05 Å². The molecule has 5 rings (SSSR count). The predicted octanol–water partition coefficient (Wildman–Crippen LogP) is 5.78. The highest BCUT2D eigenvalue weighted by Gasteiger charge is 2.43. The van der Waals surface area contributed by atoms with Gasteiger partial charge >= 0.3 is 6.18 Å². The molecule has 0 saturated carbocycles. The van der Waals surface area contributed by atoms with Crippen molar-refractivity contribution < 1.29 is 22.2 Å². The summed E-state index contributed by atoms with van der Waals surface area (Å²) in [5.41, 5.74) is 2.14. The average Bonchev–Trinajstić information content (AvgIpc) is 3.32. The van der Waals surface area contributed by atoms with Crippen LogP contribution in [-0.2, 0) is 19.0 Å². The number of nitrogens with zero attached hydrogens (tertiary/aromatic N) is 2. The van der Waals surface area contributed by atoms with E-state index < -0.39 is 11.7 Å². The van der Waals surface area contributed by atoms with Crippen LogP contribution in [-0.4, -0.2) is 10.3 Å². The van der Waals surface area contributed by atoms with E-state index in [1.54, 1.807) is 30.3 Å². The standard InChI is InChI=1S/C21H13F3N2O2/c22-21(23,24)16-18(26-27-19(16)13-7-2-1-3-8-13)20-15-11-10-12-6-4-5-9-14(12)17(15)25-28-20/h1-9H,10-11H2. The molecule has 7 heteroatoms. The summed E-state index contributed by atoms with van der Waals surface area (Å²) in [6.07, 6.45) is -3.44. The van der Waals surface area contributed by atoms with E-state index in [1.807, 2.05) is 24.3 Å². The lowest BCUT2D eigenvalue weighted by atomic mass is 9.88. The van der Waals surface area contributed by atoms with E-state index in [9.17, 15) is 13.2 Å². The molecule has 0 spiro atoms. The van der Waals surface area contributed by atoms with Crippen molar-refractivity contribution in [3.8, 4) is 34.0 Å². The van der Waals surface area contributed by atoms with Gasteiger partial charge in [-0.15, -0.1) is 0 Å². The predicted molar refractivity (Wildman–Crippen MR) is 95.3 cm³/mol. The van der Waals surface area contributed by atoms with Crippen molar-refractivity contribution in [2.75, 3.05) is 0 Å². The monoisotopic (exact) mass is 382 g/mol. The van der Waals surface area contributed by atoms with Crippen molar-refractivity contribution in [2.45, 2.75) is 19.0 Å². The quantitative estimate of drug-likeness (QED) is 0.441. The first-order valence-corrected chi connectivity index (χ1v) is 8.73. The SMILES string of the molecule is FC(F)(F)c1c(-c2onc3c2CCc2ccccc2-3)noc1-c1ccccc1. The normalized spacial score (nSPS) is 13.2. The fourth-order valence-electron chi connectivity index (χ4n) is 3.66. The Labute approximate surface area is 157 Å². The fraction of sp³-hybridized carbons (Fsp3) is 0.143. The highest BCUT2D eigenvalue weighted by atomic mass is 19.4. The fourth-order valence-corrected chi connectivity index (χ4v) is 3.66. The number of alkyl halides is 3. The van der Waals surface area contributed by atoms with Gasteiger partial charge in [-0.2, -0.15) is 13.2 Å². The average molecular weight is 382 g/mol.